The lowest BCUT2D eigenvalue weighted by Gasteiger charge is -2.06. The number of oxime groups is 1. The minimum Gasteiger partial charge on any atom is -0.382 e. The molecule has 0 saturated heterocycles. The van der Waals surface area contributed by atoms with Gasteiger partial charge in [0.15, 0.2) is 0 Å². The van der Waals surface area contributed by atoms with Crippen LogP contribution in [0.3, 0.4) is 0 Å². The molecule has 0 saturated carbocycles. The standard InChI is InChI=1S/C15H15ClN4O3S/c1-2-22-8-13-18-19-15(24-13)17-14(21)12-7-11(20-23-12)9-3-5-10(16)6-4-9/h3-6,12H,2,7-8H2,1H3,(H,17,19,21)/t12-/m0/s1. The number of carbonyl (C=O) groups excluding carboxylic acids is 1. The Labute approximate surface area is 147 Å². The molecule has 126 valence electrons. The monoisotopic (exact) mass is 366 g/mol. The minimum atomic E-state index is -0.685. The maximum Gasteiger partial charge on any atom is 0.270 e. The highest BCUT2D eigenvalue weighted by Crippen LogP contribution is 2.21. The Balaban J connectivity index is 1.55. The van der Waals surface area contributed by atoms with Crippen LogP contribution in [-0.2, 0) is 21.0 Å². The van der Waals surface area contributed by atoms with Gasteiger partial charge in [0.25, 0.3) is 5.91 Å². The third-order valence-corrected chi connectivity index (χ3v) is 4.33. The summed E-state index contributed by atoms with van der Waals surface area (Å²) in [5, 5.41) is 16.3. The van der Waals surface area contributed by atoms with E-state index in [0.29, 0.717) is 40.5 Å². The van der Waals surface area contributed by atoms with Crippen LogP contribution in [0.25, 0.3) is 0 Å². The molecule has 1 atom stereocenters. The van der Waals surface area contributed by atoms with Crippen molar-refractivity contribution in [1.82, 2.24) is 10.2 Å². The number of hydrogen-bond acceptors (Lipinski definition) is 7. The largest absolute Gasteiger partial charge is 0.382 e. The first-order chi connectivity index (χ1) is 11.7. The summed E-state index contributed by atoms with van der Waals surface area (Å²) in [6.45, 7) is 2.88. The zero-order chi connectivity index (χ0) is 16.9. The number of nitrogens with zero attached hydrogens (tertiary/aromatic N) is 3. The summed E-state index contributed by atoms with van der Waals surface area (Å²) in [5.41, 5.74) is 1.59. The Hall–Kier alpha value is -2.03. The molecule has 0 unspecified atom stereocenters. The molecule has 24 heavy (non-hydrogen) atoms. The van der Waals surface area contributed by atoms with Crippen molar-refractivity contribution in [2.45, 2.75) is 26.1 Å². The van der Waals surface area contributed by atoms with E-state index in [1.165, 1.54) is 11.3 Å². The van der Waals surface area contributed by atoms with Crippen LogP contribution in [0.2, 0.25) is 5.02 Å². The highest BCUT2D eigenvalue weighted by molar-refractivity contribution is 7.15. The van der Waals surface area contributed by atoms with E-state index in [-0.39, 0.29) is 5.91 Å². The SMILES string of the molecule is CCOCc1nnc(NC(=O)[C@@H]2CC(c3ccc(Cl)cc3)=NO2)s1. The Morgan fingerprint density at radius 3 is 2.96 bits per heavy atom. The fourth-order valence-corrected chi connectivity index (χ4v) is 2.87. The summed E-state index contributed by atoms with van der Waals surface area (Å²) in [5.74, 6) is -0.304. The summed E-state index contributed by atoms with van der Waals surface area (Å²) in [6.07, 6.45) is -0.298. The van der Waals surface area contributed by atoms with Crippen LogP contribution >= 0.6 is 22.9 Å². The number of halogens is 1. The third kappa shape index (κ3) is 4.08. The van der Waals surface area contributed by atoms with Crippen LogP contribution in [0.15, 0.2) is 29.4 Å². The van der Waals surface area contributed by atoms with Gasteiger partial charge < -0.3 is 9.57 Å². The van der Waals surface area contributed by atoms with Crippen LogP contribution < -0.4 is 5.32 Å². The molecule has 2 aromatic rings. The molecule has 7 nitrogen and oxygen atoms in total. The van der Waals surface area contributed by atoms with Gasteiger partial charge in [-0.2, -0.15) is 0 Å². The lowest BCUT2D eigenvalue weighted by atomic mass is 10.0. The molecule has 0 aliphatic carbocycles. The number of hydrogen-bond donors (Lipinski definition) is 1. The second-order valence-electron chi connectivity index (χ2n) is 4.97. The van der Waals surface area contributed by atoms with Crippen LogP contribution in [0, 0.1) is 0 Å². The van der Waals surface area contributed by atoms with Crippen LogP contribution in [0.5, 0.6) is 0 Å². The van der Waals surface area contributed by atoms with Crippen LogP contribution in [-0.4, -0.2) is 34.5 Å². The van der Waals surface area contributed by atoms with E-state index in [1.54, 1.807) is 12.1 Å². The first-order valence-corrected chi connectivity index (χ1v) is 8.54. The molecule has 2 heterocycles. The summed E-state index contributed by atoms with van der Waals surface area (Å²) >= 11 is 7.14. The van der Waals surface area contributed by atoms with Crippen molar-refractivity contribution in [2.24, 2.45) is 5.16 Å². The Morgan fingerprint density at radius 2 is 2.21 bits per heavy atom. The van der Waals surface area contributed by atoms with Crippen molar-refractivity contribution in [1.29, 1.82) is 0 Å². The number of nitrogens with one attached hydrogen (secondary N) is 1. The van der Waals surface area contributed by atoms with Crippen molar-refractivity contribution < 1.29 is 14.4 Å². The van der Waals surface area contributed by atoms with Gasteiger partial charge in [-0.3, -0.25) is 10.1 Å². The lowest BCUT2D eigenvalue weighted by molar-refractivity contribution is -0.125. The molecule has 0 fully saturated rings. The number of ether oxygens (including phenoxy) is 1. The fraction of sp³-hybridized carbons (Fsp3) is 0.333. The smallest absolute Gasteiger partial charge is 0.270 e. The quantitative estimate of drug-likeness (QED) is 0.849. The molecule has 1 aromatic heterocycles. The van der Waals surface area contributed by atoms with Crippen molar-refractivity contribution in [3.63, 3.8) is 0 Å². The number of benzene rings is 1. The molecule has 1 aliphatic heterocycles. The molecule has 0 radical (unpaired) electrons. The van der Waals surface area contributed by atoms with E-state index in [2.05, 4.69) is 20.7 Å². The van der Waals surface area contributed by atoms with Gasteiger partial charge in [-0.15, -0.1) is 10.2 Å². The van der Waals surface area contributed by atoms with Crippen LogP contribution in [0.1, 0.15) is 23.9 Å². The number of aromatic nitrogens is 2. The number of rotatable bonds is 6. The molecular formula is C15H15ClN4O3S. The number of carbonyl (C=O) groups is 1. The number of anilines is 1. The molecule has 3 rings (SSSR count). The van der Waals surface area contributed by atoms with E-state index in [0.717, 1.165) is 5.56 Å². The Kier molecular flexibility index (Phi) is 5.39. The summed E-state index contributed by atoms with van der Waals surface area (Å²) in [4.78, 5) is 17.5. The van der Waals surface area contributed by atoms with Gasteiger partial charge >= 0.3 is 0 Å². The Bertz CT molecular complexity index is 747. The van der Waals surface area contributed by atoms with Crippen LogP contribution in [0.4, 0.5) is 5.13 Å². The van der Waals surface area contributed by atoms with Gasteiger partial charge in [-0.1, -0.05) is 40.2 Å². The maximum absolute atomic E-state index is 12.2. The highest BCUT2D eigenvalue weighted by Gasteiger charge is 2.29. The summed E-state index contributed by atoms with van der Waals surface area (Å²) < 4.78 is 5.25. The molecule has 0 spiro atoms. The predicted molar refractivity (Wildman–Crippen MR) is 91.3 cm³/mol. The molecule has 9 heteroatoms. The van der Waals surface area contributed by atoms with Crippen molar-refractivity contribution in [3.05, 3.63) is 39.9 Å². The first kappa shape index (κ1) is 16.8. The number of amides is 1. The van der Waals surface area contributed by atoms with Gasteiger partial charge in [0.1, 0.15) is 11.6 Å². The third-order valence-electron chi connectivity index (χ3n) is 3.27. The predicted octanol–water partition coefficient (Wildman–Crippen LogP) is 2.86. The van der Waals surface area contributed by atoms with E-state index in [4.69, 9.17) is 21.2 Å². The molecule has 1 aromatic carbocycles. The zero-order valence-electron chi connectivity index (χ0n) is 12.9. The van der Waals surface area contributed by atoms with E-state index in [9.17, 15) is 4.79 Å². The van der Waals surface area contributed by atoms with Crippen molar-refractivity contribution in [2.75, 3.05) is 11.9 Å². The normalized spacial score (nSPS) is 16.6. The Morgan fingerprint density at radius 1 is 1.42 bits per heavy atom. The topological polar surface area (TPSA) is 85.7 Å². The van der Waals surface area contributed by atoms with Crippen molar-refractivity contribution in [3.8, 4) is 0 Å². The molecule has 1 N–H and O–H groups in total. The van der Waals surface area contributed by atoms with E-state index < -0.39 is 6.10 Å². The average molecular weight is 367 g/mol. The van der Waals surface area contributed by atoms with E-state index >= 15 is 0 Å². The van der Waals surface area contributed by atoms with E-state index in [1.807, 2.05) is 19.1 Å². The highest BCUT2D eigenvalue weighted by atomic mass is 35.5. The zero-order valence-corrected chi connectivity index (χ0v) is 14.4. The minimum absolute atomic E-state index is 0.304. The molecular weight excluding hydrogens is 352 g/mol. The summed E-state index contributed by atoms with van der Waals surface area (Å²) in [6, 6.07) is 7.23. The van der Waals surface area contributed by atoms with Gasteiger partial charge in [-0.05, 0) is 24.6 Å². The maximum atomic E-state index is 12.2. The fourth-order valence-electron chi connectivity index (χ4n) is 2.07. The van der Waals surface area contributed by atoms with Gasteiger partial charge in [-0.25, -0.2) is 0 Å². The van der Waals surface area contributed by atoms with Gasteiger partial charge in [0, 0.05) is 18.1 Å². The summed E-state index contributed by atoms with van der Waals surface area (Å²) in [7, 11) is 0. The second kappa shape index (κ2) is 7.69. The van der Waals surface area contributed by atoms with Crippen molar-refractivity contribution >= 4 is 39.7 Å². The second-order valence-corrected chi connectivity index (χ2v) is 6.47. The van der Waals surface area contributed by atoms with Gasteiger partial charge in [0.2, 0.25) is 11.2 Å². The average Bonchev–Trinajstić information content (AvgIpc) is 3.23. The van der Waals surface area contributed by atoms with Gasteiger partial charge in [0.05, 0.1) is 5.71 Å². The first-order valence-electron chi connectivity index (χ1n) is 7.35. The lowest BCUT2D eigenvalue weighted by Crippen LogP contribution is -2.28. The molecule has 1 amide bonds. The molecule has 0 bridgehead atoms. The molecule has 1 aliphatic rings.